The largest absolute Gasteiger partial charge is 0.481 e. The molecule has 72 valence electrons. The number of nitrogens with zero attached hydrogens (tertiary/aromatic N) is 2. The molecule has 0 saturated carbocycles. The normalized spacial score (nSPS) is 10.5. The number of hydrogen-bond acceptors (Lipinski definition) is 3. The van der Waals surface area contributed by atoms with Crippen LogP contribution in [0.2, 0.25) is 0 Å². The van der Waals surface area contributed by atoms with Crippen LogP contribution in [0.4, 0.5) is 0 Å². The van der Waals surface area contributed by atoms with Crippen LogP contribution in [-0.4, -0.2) is 23.2 Å². The van der Waals surface area contributed by atoms with Gasteiger partial charge in [-0.1, -0.05) is 0 Å². The summed E-state index contributed by atoms with van der Waals surface area (Å²) < 4.78 is 6.83. The van der Waals surface area contributed by atoms with Gasteiger partial charge in [0.05, 0.1) is 24.4 Å². The van der Waals surface area contributed by atoms with Crippen molar-refractivity contribution in [2.75, 3.05) is 7.11 Å². The van der Waals surface area contributed by atoms with E-state index in [1.807, 2.05) is 13.8 Å². The van der Waals surface area contributed by atoms with Gasteiger partial charge in [-0.15, -0.1) is 0 Å². The fraction of sp³-hybridized carbons (Fsp3) is 0.556. The van der Waals surface area contributed by atoms with Crippen molar-refractivity contribution in [2.45, 2.75) is 26.8 Å². The van der Waals surface area contributed by atoms with Crippen molar-refractivity contribution in [1.82, 2.24) is 9.78 Å². The Morgan fingerprint density at radius 1 is 1.54 bits per heavy atom. The van der Waals surface area contributed by atoms with E-state index in [4.69, 9.17) is 4.74 Å². The number of aromatic nitrogens is 2. The van der Waals surface area contributed by atoms with Gasteiger partial charge < -0.3 is 4.74 Å². The maximum Gasteiger partial charge on any atom is 0.222 e. The number of rotatable bonds is 3. The standard InChI is InChI=1S/C9H14N2O2/c1-6(2)11-9(13-4)8(5-12)7(3)10-11/h5-6H,1-4H3. The van der Waals surface area contributed by atoms with E-state index < -0.39 is 0 Å². The zero-order valence-electron chi connectivity index (χ0n) is 8.37. The predicted molar refractivity (Wildman–Crippen MR) is 49.3 cm³/mol. The Bertz CT molecular complexity index is 316. The lowest BCUT2D eigenvalue weighted by atomic mass is 10.3. The molecule has 0 aliphatic carbocycles. The first kappa shape index (κ1) is 9.77. The zero-order valence-corrected chi connectivity index (χ0v) is 8.37. The molecular formula is C9H14N2O2. The minimum Gasteiger partial charge on any atom is -0.481 e. The Morgan fingerprint density at radius 3 is 2.54 bits per heavy atom. The molecule has 0 bridgehead atoms. The molecule has 0 radical (unpaired) electrons. The van der Waals surface area contributed by atoms with Crippen LogP contribution in [0.3, 0.4) is 0 Å². The Hall–Kier alpha value is -1.32. The average Bonchev–Trinajstić information content (AvgIpc) is 2.41. The van der Waals surface area contributed by atoms with Crippen LogP contribution in [0.5, 0.6) is 5.88 Å². The molecule has 0 unspecified atom stereocenters. The second-order valence-corrected chi connectivity index (χ2v) is 3.16. The Kier molecular flexibility index (Phi) is 2.70. The Balaban J connectivity index is 3.29. The van der Waals surface area contributed by atoms with Crippen molar-refractivity contribution >= 4 is 6.29 Å². The molecule has 1 heterocycles. The van der Waals surface area contributed by atoms with Gasteiger partial charge >= 0.3 is 0 Å². The van der Waals surface area contributed by atoms with Crippen molar-refractivity contribution in [3.63, 3.8) is 0 Å². The molecule has 1 aromatic heterocycles. The monoisotopic (exact) mass is 182 g/mol. The molecule has 0 atom stereocenters. The van der Waals surface area contributed by atoms with Crippen LogP contribution in [-0.2, 0) is 0 Å². The highest BCUT2D eigenvalue weighted by Crippen LogP contribution is 2.23. The predicted octanol–water partition coefficient (Wildman–Crippen LogP) is 1.59. The van der Waals surface area contributed by atoms with Crippen molar-refractivity contribution < 1.29 is 9.53 Å². The second kappa shape index (κ2) is 3.60. The maximum absolute atomic E-state index is 10.7. The molecule has 0 aliphatic heterocycles. The summed E-state index contributed by atoms with van der Waals surface area (Å²) in [7, 11) is 1.54. The molecule has 1 aromatic rings. The summed E-state index contributed by atoms with van der Waals surface area (Å²) in [5.41, 5.74) is 1.25. The smallest absolute Gasteiger partial charge is 0.222 e. The molecule has 0 spiro atoms. The van der Waals surface area contributed by atoms with Crippen molar-refractivity contribution in [3.05, 3.63) is 11.3 Å². The number of hydrogen-bond donors (Lipinski definition) is 0. The van der Waals surface area contributed by atoms with E-state index in [9.17, 15) is 4.79 Å². The van der Waals surface area contributed by atoms with Crippen molar-refractivity contribution in [2.24, 2.45) is 0 Å². The highest BCUT2D eigenvalue weighted by Gasteiger charge is 2.16. The third-order valence-corrected chi connectivity index (χ3v) is 1.89. The van der Waals surface area contributed by atoms with Crippen LogP contribution in [0, 0.1) is 6.92 Å². The second-order valence-electron chi connectivity index (χ2n) is 3.16. The van der Waals surface area contributed by atoms with E-state index in [-0.39, 0.29) is 6.04 Å². The zero-order chi connectivity index (χ0) is 10.0. The highest BCUT2D eigenvalue weighted by atomic mass is 16.5. The number of aldehydes is 1. The molecule has 4 nitrogen and oxygen atoms in total. The summed E-state index contributed by atoms with van der Waals surface area (Å²) in [6.45, 7) is 5.78. The summed E-state index contributed by atoms with van der Waals surface area (Å²) in [5, 5.41) is 4.21. The quantitative estimate of drug-likeness (QED) is 0.667. The summed E-state index contributed by atoms with van der Waals surface area (Å²) in [5.74, 6) is 0.544. The number of carbonyl (C=O) groups is 1. The molecule has 0 fully saturated rings. The fourth-order valence-electron chi connectivity index (χ4n) is 1.23. The first-order valence-corrected chi connectivity index (χ1v) is 4.20. The lowest BCUT2D eigenvalue weighted by molar-refractivity contribution is 0.111. The maximum atomic E-state index is 10.7. The molecule has 1 rings (SSSR count). The van der Waals surface area contributed by atoms with Gasteiger partial charge in [0.25, 0.3) is 0 Å². The van der Waals surface area contributed by atoms with Crippen LogP contribution in [0.15, 0.2) is 0 Å². The SMILES string of the molecule is COc1c(C=O)c(C)nn1C(C)C. The first-order valence-electron chi connectivity index (χ1n) is 4.20. The number of aryl methyl sites for hydroxylation is 1. The van der Waals surface area contributed by atoms with Gasteiger partial charge in [0, 0.05) is 0 Å². The summed E-state index contributed by atoms with van der Waals surface area (Å²) in [6, 6.07) is 0.197. The molecule has 13 heavy (non-hydrogen) atoms. The van der Waals surface area contributed by atoms with Gasteiger partial charge in [0.1, 0.15) is 0 Å². The van der Waals surface area contributed by atoms with Gasteiger partial charge in [0.2, 0.25) is 5.88 Å². The lowest BCUT2D eigenvalue weighted by Gasteiger charge is -2.09. The van der Waals surface area contributed by atoms with Gasteiger partial charge in [-0.2, -0.15) is 5.10 Å². The van der Waals surface area contributed by atoms with E-state index in [0.717, 1.165) is 6.29 Å². The first-order chi connectivity index (χ1) is 6.11. The van der Waals surface area contributed by atoms with Crippen LogP contribution in [0.25, 0.3) is 0 Å². The number of ether oxygens (including phenoxy) is 1. The molecule has 0 N–H and O–H groups in total. The fourth-order valence-corrected chi connectivity index (χ4v) is 1.23. The molecule has 0 amide bonds. The third kappa shape index (κ3) is 1.56. The number of carbonyl (C=O) groups excluding carboxylic acids is 1. The highest BCUT2D eigenvalue weighted by molar-refractivity contribution is 5.80. The van der Waals surface area contributed by atoms with E-state index in [1.54, 1.807) is 18.7 Å². The van der Waals surface area contributed by atoms with Crippen molar-refractivity contribution in [1.29, 1.82) is 0 Å². The van der Waals surface area contributed by atoms with Gasteiger partial charge in [-0.25, -0.2) is 4.68 Å². The van der Waals surface area contributed by atoms with Crippen LogP contribution >= 0.6 is 0 Å². The van der Waals surface area contributed by atoms with Gasteiger partial charge in [0.15, 0.2) is 6.29 Å². The Labute approximate surface area is 77.5 Å². The molecule has 0 saturated heterocycles. The molecule has 0 aliphatic rings. The summed E-state index contributed by atoms with van der Waals surface area (Å²) in [4.78, 5) is 10.7. The summed E-state index contributed by atoms with van der Waals surface area (Å²) >= 11 is 0. The van der Waals surface area contributed by atoms with E-state index >= 15 is 0 Å². The Morgan fingerprint density at radius 2 is 2.15 bits per heavy atom. The summed E-state index contributed by atoms with van der Waals surface area (Å²) in [6.07, 6.45) is 0.778. The van der Waals surface area contributed by atoms with E-state index in [1.165, 1.54) is 0 Å². The molecular weight excluding hydrogens is 168 g/mol. The van der Waals surface area contributed by atoms with Crippen molar-refractivity contribution in [3.8, 4) is 5.88 Å². The van der Waals surface area contributed by atoms with E-state index in [2.05, 4.69) is 5.10 Å². The van der Waals surface area contributed by atoms with Gasteiger partial charge in [-0.3, -0.25) is 4.79 Å². The van der Waals surface area contributed by atoms with Gasteiger partial charge in [-0.05, 0) is 20.8 Å². The van der Waals surface area contributed by atoms with Crippen LogP contribution < -0.4 is 4.74 Å². The van der Waals surface area contributed by atoms with Crippen LogP contribution in [0.1, 0.15) is 35.9 Å². The lowest BCUT2D eigenvalue weighted by Crippen LogP contribution is -2.05. The minimum atomic E-state index is 0.197. The van der Waals surface area contributed by atoms with E-state index in [0.29, 0.717) is 17.1 Å². The molecule has 4 heteroatoms. The minimum absolute atomic E-state index is 0.197. The third-order valence-electron chi connectivity index (χ3n) is 1.89. The molecule has 0 aromatic carbocycles. The average molecular weight is 182 g/mol. The topological polar surface area (TPSA) is 44.1 Å². The number of methoxy groups -OCH3 is 1.